The third-order valence-electron chi connectivity index (χ3n) is 6.41. The van der Waals surface area contributed by atoms with E-state index >= 15 is 0 Å². The van der Waals surface area contributed by atoms with E-state index in [0.29, 0.717) is 13.2 Å². The lowest BCUT2D eigenvalue weighted by Crippen LogP contribution is -2.30. The van der Waals surface area contributed by atoms with Crippen LogP contribution in [0.25, 0.3) is 0 Å². The molecule has 1 amide bonds. The van der Waals surface area contributed by atoms with Crippen LogP contribution in [0.1, 0.15) is 102 Å². The van der Waals surface area contributed by atoms with Crippen LogP contribution in [0.15, 0.2) is 54.6 Å². The number of carbonyl (C=O) groups excluding carboxylic acids is 1. The second-order valence-corrected chi connectivity index (χ2v) is 9.60. The van der Waals surface area contributed by atoms with E-state index in [1.807, 2.05) is 54.6 Å². The predicted molar refractivity (Wildman–Crippen MR) is 149 cm³/mol. The Balaban J connectivity index is 1.38. The summed E-state index contributed by atoms with van der Waals surface area (Å²) >= 11 is 0. The van der Waals surface area contributed by atoms with Crippen molar-refractivity contribution in [3.63, 3.8) is 0 Å². The summed E-state index contributed by atoms with van der Waals surface area (Å²) in [5.41, 5.74) is 2.06. The number of carbonyl (C=O) groups is 1. The van der Waals surface area contributed by atoms with Gasteiger partial charge in [-0.3, -0.25) is 4.79 Å². The molecule has 0 fully saturated rings. The molecule has 2 aromatic carbocycles. The first-order valence-corrected chi connectivity index (χ1v) is 14.1. The van der Waals surface area contributed by atoms with Gasteiger partial charge in [0.2, 0.25) is 5.91 Å². The van der Waals surface area contributed by atoms with Gasteiger partial charge in [0, 0.05) is 12.2 Å². The number of benzene rings is 2. The fraction of sp³-hybridized carbons (Fsp3) is 0.581. The Bertz CT molecular complexity index is 761. The molecule has 0 bridgehead atoms. The van der Waals surface area contributed by atoms with E-state index < -0.39 is 0 Å². The molecule has 0 aliphatic rings. The minimum atomic E-state index is 0.0455. The minimum absolute atomic E-state index is 0.0455. The highest BCUT2D eigenvalue weighted by Crippen LogP contribution is 2.17. The third-order valence-corrected chi connectivity index (χ3v) is 6.41. The van der Waals surface area contributed by atoms with Crippen molar-refractivity contribution in [3.8, 4) is 5.75 Å². The Labute approximate surface area is 214 Å². The van der Waals surface area contributed by atoms with E-state index in [4.69, 9.17) is 4.74 Å². The van der Waals surface area contributed by atoms with E-state index in [2.05, 4.69) is 17.6 Å². The highest BCUT2D eigenvalue weighted by atomic mass is 16.5. The molecule has 2 aromatic rings. The average Bonchev–Trinajstić information content (AvgIpc) is 2.89. The fourth-order valence-corrected chi connectivity index (χ4v) is 4.20. The molecular weight excluding hydrogens is 432 g/mol. The molecule has 2 N–H and O–H groups in total. The molecule has 0 spiro atoms. The zero-order valence-electron chi connectivity index (χ0n) is 22.0. The number of rotatable bonds is 21. The van der Waals surface area contributed by atoms with Crippen molar-refractivity contribution < 1.29 is 9.53 Å². The van der Waals surface area contributed by atoms with Gasteiger partial charge < -0.3 is 15.4 Å². The normalized spacial score (nSPS) is 10.8. The number of hydrogen-bond donors (Lipinski definition) is 2. The molecular formula is C31H48N2O2. The fourth-order valence-electron chi connectivity index (χ4n) is 4.20. The number of amides is 1. The molecule has 0 saturated heterocycles. The lowest BCUT2D eigenvalue weighted by molar-refractivity contribution is -0.119. The van der Waals surface area contributed by atoms with Gasteiger partial charge in [0.25, 0.3) is 0 Å². The summed E-state index contributed by atoms with van der Waals surface area (Å²) in [6, 6.07) is 17.9. The first-order valence-electron chi connectivity index (χ1n) is 14.1. The van der Waals surface area contributed by atoms with Gasteiger partial charge in [-0.15, -0.1) is 0 Å². The molecule has 2 rings (SSSR count). The summed E-state index contributed by atoms with van der Waals surface area (Å²) in [6.07, 6.45) is 18.9. The van der Waals surface area contributed by atoms with Crippen molar-refractivity contribution in [2.45, 2.75) is 103 Å². The molecule has 0 atom stereocenters. The van der Waals surface area contributed by atoms with Crippen LogP contribution in [0.4, 0.5) is 5.69 Å². The van der Waals surface area contributed by atoms with Crippen molar-refractivity contribution >= 4 is 11.6 Å². The lowest BCUT2D eigenvalue weighted by atomic mass is 10.0. The first kappa shape index (κ1) is 28.7. The number of ether oxygens (including phenoxy) is 1. The maximum absolute atomic E-state index is 12.1. The van der Waals surface area contributed by atoms with E-state index in [9.17, 15) is 4.79 Å². The average molecular weight is 481 g/mol. The summed E-state index contributed by atoms with van der Waals surface area (Å²) in [6.45, 7) is 3.89. The molecule has 35 heavy (non-hydrogen) atoms. The minimum Gasteiger partial charge on any atom is -0.489 e. The van der Waals surface area contributed by atoms with Crippen molar-refractivity contribution in [3.05, 3.63) is 60.2 Å². The number of anilines is 1. The van der Waals surface area contributed by atoms with E-state index in [-0.39, 0.29) is 5.91 Å². The summed E-state index contributed by atoms with van der Waals surface area (Å²) in [4.78, 5) is 12.1. The van der Waals surface area contributed by atoms with Crippen molar-refractivity contribution in [2.75, 3.05) is 18.4 Å². The summed E-state index contributed by atoms with van der Waals surface area (Å²) in [7, 11) is 0. The number of nitrogens with one attached hydrogen (secondary N) is 2. The molecule has 0 heterocycles. The Kier molecular flexibility index (Phi) is 16.2. The van der Waals surface area contributed by atoms with Gasteiger partial charge in [-0.1, -0.05) is 121 Å². The quantitative estimate of drug-likeness (QED) is 0.177. The maximum Gasteiger partial charge on any atom is 0.239 e. The Hall–Kier alpha value is -2.49. The van der Waals surface area contributed by atoms with Crippen LogP contribution in [0, 0.1) is 0 Å². The molecule has 194 valence electrons. The van der Waals surface area contributed by atoms with Crippen LogP contribution in [0.5, 0.6) is 5.75 Å². The monoisotopic (exact) mass is 480 g/mol. The summed E-state index contributed by atoms with van der Waals surface area (Å²) in [5.74, 6) is 0.866. The number of hydrogen-bond acceptors (Lipinski definition) is 3. The van der Waals surface area contributed by atoms with Gasteiger partial charge in [-0.05, 0) is 36.2 Å². The number of unbranched alkanes of at least 4 members (excludes halogenated alkanes) is 13. The zero-order valence-corrected chi connectivity index (χ0v) is 22.0. The Morgan fingerprint density at radius 2 is 1.23 bits per heavy atom. The van der Waals surface area contributed by atoms with Gasteiger partial charge in [0.1, 0.15) is 12.4 Å². The molecule has 0 saturated carbocycles. The Morgan fingerprint density at radius 3 is 1.80 bits per heavy atom. The highest BCUT2D eigenvalue weighted by molar-refractivity contribution is 5.80. The lowest BCUT2D eigenvalue weighted by Gasteiger charge is -2.10. The van der Waals surface area contributed by atoms with Gasteiger partial charge in [-0.2, -0.15) is 0 Å². The molecule has 0 aromatic heterocycles. The second kappa shape index (κ2) is 19.8. The molecule has 0 aliphatic heterocycles. The van der Waals surface area contributed by atoms with Crippen molar-refractivity contribution in [2.24, 2.45) is 0 Å². The van der Waals surface area contributed by atoms with Crippen LogP contribution in [0.2, 0.25) is 0 Å². The topological polar surface area (TPSA) is 50.4 Å². The van der Waals surface area contributed by atoms with Crippen molar-refractivity contribution in [1.82, 2.24) is 5.32 Å². The van der Waals surface area contributed by atoms with Gasteiger partial charge in [0.05, 0.1) is 6.54 Å². The third kappa shape index (κ3) is 15.2. The molecule has 4 nitrogen and oxygen atoms in total. The van der Waals surface area contributed by atoms with E-state index in [1.54, 1.807) is 0 Å². The molecule has 4 heteroatoms. The van der Waals surface area contributed by atoms with Crippen LogP contribution < -0.4 is 15.4 Å². The summed E-state index contributed by atoms with van der Waals surface area (Å²) < 4.78 is 5.80. The van der Waals surface area contributed by atoms with Crippen LogP contribution in [-0.4, -0.2) is 19.0 Å². The van der Waals surface area contributed by atoms with Crippen LogP contribution in [0.3, 0.4) is 0 Å². The van der Waals surface area contributed by atoms with Gasteiger partial charge in [-0.25, -0.2) is 0 Å². The largest absolute Gasteiger partial charge is 0.489 e. The van der Waals surface area contributed by atoms with E-state index in [0.717, 1.165) is 30.0 Å². The van der Waals surface area contributed by atoms with E-state index in [1.165, 1.54) is 83.5 Å². The van der Waals surface area contributed by atoms with Crippen LogP contribution in [-0.2, 0) is 11.4 Å². The molecule has 0 unspecified atom stereocenters. The van der Waals surface area contributed by atoms with Gasteiger partial charge in [0.15, 0.2) is 0 Å². The first-order chi connectivity index (χ1) is 17.3. The SMILES string of the molecule is CCCCCCCCCCCCCCCCNC(=O)CNc1ccc(OCc2ccccc2)cc1. The zero-order chi connectivity index (χ0) is 24.8. The maximum atomic E-state index is 12.1. The summed E-state index contributed by atoms with van der Waals surface area (Å²) in [5, 5.41) is 6.20. The predicted octanol–water partition coefficient (Wildman–Crippen LogP) is 8.28. The van der Waals surface area contributed by atoms with Crippen LogP contribution >= 0.6 is 0 Å². The highest BCUT2D eigenvalue weighted by Gasteiger charge is 2.02. The van der Waals surface area contributed by atoms with Gasteiger partial charge >= 0.3 is 0 Å². The Morgan fingerprint density at radius 1 is 0.686 bits per heavy atom. The smallest absolute Gasteiger partial charge is 0.239 e. The second-order valence-electron chi connectivity index (χ2n) is 9.60. The standard InChI is InChI=1S/C31H48N2O2/c1-2-3-4-5-6-7-8-9-10-11-12-13-14-18-25-32-31(34)26-33-29-21-23-30(24-22-29)35-27-28-19-16-15-17-20-28/h15-17,19-24,33H,2-14,18,25-27H2,1H3,(H,32,34). The van der Waals surface area contributed by atoms with Crippen molar-refractivity contribution in [1.29, 1.82) is 0 Å². The molecule has 0 aliphatic carbocycles. The molecule has 0 radical (unpaired) electrons.